The highest BCUT2D eigenvalue weighted by molar-refractivity contribution is 5.46. The number of aliphatic hydroxyl groups excluding tert-OH is 1. The Labute approximate surface area is 60.6 Å². The molecule has 3 N–H and O–H groups in total. The van der Waals surface area contributed by atoms with Crippen molar-refractivity contribution in [1.82, 2.24) is 10.6 Å². The Morgan fingerprint density at radius 1 is 1.60 bits per heavy atom. The number of nitrogens with one attached hydrogen (secondary N) is 2. The predicted octanol–water partition coefficient (Wildman–Crippen LogP) is -1.39. The fourth-order valence-electron chi connectivity index (χ4n) is 0.543. The summed E-state index contributed by atoms with van der Waals surface area (Å²) in [5.74, 6) is 0. The van der Waals surface area contributed by atoms with Gasteiger partial charge in [-0.3, -0.25) is 4.79 Å². The molecule has 0 rings (SSSR count). The van der Waals surface area contributed by atoms with E-state index in [4.69, 9.17) is 5.11 Å². The maximum absolute atomic E-state index is 9.62. The molecule has 0 heterocycles. The Kier molecular flexibility index (Phi) is 6.11. The lowest BCUT2D eigenvalue weighted by Crippen LogP contribution is -2.34. The molecule has 0 aromatic heterocycles. The summed E-state index contributed by atoms with van der Waals surface area (Å²) in [7, 11) is 0. The molecule has 0 bridgehead atoms. The number of hydrogen-bond donors (Lipinski definition) is 3. The Morgan fingerprint density at radius 3 is 2.80 bits per heavy atom. The smallest absolute Gasteiger partial charge is 0.309 e. The summed E-state index contributed by atoms with van der Waals surface area (Å²) < 4.78 is 0. The van der Waals surface area contributed by atoms with Crippen LogP contribution in [0.5, 0.6) is 0 Å². The summed E-state index contributed by atoms with van der Waals surface area (Å²) in [6.45, 7) is 3.54. The van der Waals surface area contributed by atoms with Gasteiger partial charge in [0.2, 0.25) is 0 Å². The van der Waals surface area contributed by atoms with Crippen molar-refractivity contribution < 1.29 is 9.90 Å². The van der Waals surface area contributed by atoms with Crippen LogP contribution in [0.1, 0.15) is 6.92 Å². The summed E-state index contributed by atoms with van der Waals surface area (Å²) >= 11 is 0. The van der Waals surface area contributed by atoms with Gasteiger partial charge in [-0.1, -0.05) is 6.92 Å². The van der Waals surface area contributed by atoms with E-state index in [1.54, 1.807) is 0 Å². The van der Waals surface area contributed by atoms with Crippen molar-refractivity contribution in [3.8, 4) is 0 Å². The van der Waals surface area contributed by atoms with Crippen LogP contribution in [0.25, 0.3) is 0 Å². The van der Waals surface area contributed by atoms with Crippen LogP contribution < -0.4 is 10.6 Å². The molecule has 10 heavy (non-hydrogen) atoms. The number of likely N-dealkylation sites (N-methyl/N-ethyl adjacent to an activating group) is 1. The Bertz CT molecular complexity index is 87.8. The molecule has 0 aliphatic carbocycles. The maximum Gasteiger partial charge on any atom is 0.309 e. The van der Waals surface area contributed by atoms with Crippen LogP contribution in [0, 0.1) is 0 Å². The zero-order valence-electron chi connectivity index (χ0n) is 6.05. The Balaban J connectivity index is 3.07. The van der Waals surface area contributed by atoms with Crippen molar-refractivity contribution in [3.63, 3.8) is 0 Å². The van der Waals surface area contributed by atoms with Crippen molar-refractivity contribution in [2.75, 3.05) is 19.6 Å². The minimum absolute atomic E-state index is 0.260. The predicted molar refractivity (Wildman–Crippen MR) is 38.2 cm³/mol. The van der Waals surface area contributed by atoms with Gasteiger partial charge in [0.15, 0.2) is 0 Å². The molecule has 1 amide bonds. The van der Waals surface area contributed by atoms with Gasteiger partial charge < -0.3 is 15.7 Å². The SMILES string of the molecule is CCNCC(O)CN[C]=O. The first-order valence-electron chi connectivity index (χ1n) is 3.30. The molecule has 1 atom stereocenters. The third kappa shape index (κ3) is 5.53. The summed E-state index contributed by atoms with van der Waals surface area (Å²) in [6.07, 6.45) is 0.975. The van der Waals surface area contributed by atoms with Crippen molar-refractivity contribution in [3.05, 3.63) is 0 Å². The zero-order valence-corrected chi connectivity index (χ0v) is 6.05. The molecule has 59 valence electrons. The largest absolute Gasteiger partial charge is 0.390 e. The van der Waals surface area contributed by atoms with Gasteiger partial charge in [-0.05, 0) is 6.54 Å². The highest BCUT2D eigenvalue weighted by atomic mass is 16.3. The van der Waals surface area contributed by atoms with Crippen LogP contribution in [0.15, 0.2) is 0 Å². The van der Waals surface area contributed by atoms with Gasteiger partial charge in [-0.15, -0.1) is 0 Å². The van der Waals surface area contributed by atoms with E-state index in [-0.39, 0.29) is 6.54 Å². The molecule has 4 nitrogen and oxygen atoms in total. The number of aliphatic hydroxyl groups is 1. The third-order valence-electron chi connectivity index (χ3n) is 1.04. The highest BCUT2D eigenvalue weighted by Gasteiger charge is 1.99. The molecule has 0 aliphatic rings. The lowest BCUT2D eigenvalue weighted by atomic mass is 10.3. The first-order valence-corrected chi connectivity index (χ1v) is 3.30. The van der Waals surface area contributed by atoms with Crippen molar-refractivity contribution in [2.45, 2.75) is 13.0 Å². The summed E-state index contributed by atoms with van der Waals surface area (Å²) in [6, 6.07) is 0. The minimum atomic E-state index is -0.513. The van der Waals surface area contributed by atoms with Crippen LogP contribution >= 0.6 is 0 Å². The van der Waals surface area contributed by atoms with E-state index in [1.807, 2.05) is 6.92 Å². The Morgan fingerprint density at radius 2 is 2.30 bits per heavy atom. The monoisotopic (exact) mass is 145 g/mol. The number of amides is 1. The number of rotatable bonds is 6. The number of hydrogen-bond acceptors (Lipinski definition) is 3. The molecule has 0 saturated carbocycles. The second kappa shape index (κ2) is 6.51. The van der Waals surface area contributed by atoms with E-state index in [2.05, 4.69) is 10.6 Å². The maximum atomic E-state index is 9.62. The van der Waals surface area contributed by atoms with Crippen molar-refractivity contribution >= 4 is 6.41 Å². The molecule has 0 aliphatic heterocycles. The van der Waals surface area contributed by atoms with Gasteiger partial charge in [-0.25, -0.2) is 0 Å². The van der Waals surface area contributed by atoms with Crippen LogP contribution in [0.2, 0.25) is 0 Å². The van der Waals surface area contributed by atoms with E-state index >= 15 is 0 Å². The van der Waals surface area contributed by atoms with Crippen LogP contribution in [0.4, 0.5) is 0 Å². The fraction of sp³-hybridized carbons (Fsp3) is 0.833. The molecule has 0 aromatic carbocycles. The highest BCUT2D eigenvalue weighted by Crippen LogP contribution is 1.74. The lowest BCUT2D eigenvalue weighted by molar-refractivity contribution is 0.175. The molecular weight excluding hydrogens is 132 g/mol. The molecular formula is C6H13N2O2. The van der Waals surface area contributed by atoms with E-state index in [0.29, 0.717) is 6.54 Å². The third-order valence-corrected chi connectivity index (χ3v) is 1.04. The molecule has 0 saturated heterocycles. The minimum Gasteiger partial charge on any atom is -0.390 e. The first-order chi connectivity index (χ1) is 4.81. The van der Waals surface area contributed by atoms with Gasteiger partial charge in [0, 0.05) is 13.1 Å². The molecule has 0 fully saturated rings. The second-order valence-electron chi connectivity index (χ2n) is 1.94. The average Bonchev–Trinajstić information content (AvgIpc) is 1.97. The van der Waals surface area contributed by atoms with Crippen molar-refractivity contribution in [2.24, 2.45) is 0 Å². The second-order valence-corrected chi connectivity index (χ2v) is 1.94. The Hall–Kier alpha value is -0.610. The van der Waals surface area contributed by atoms with Gasteiger partial charge in [0.1, 0.15) is 0 Å². The first kappa shape index (κ1) is 9.39. The van der Waals surface area contributed by atoms with E-state index in [1.165, 1.54) is 6.41 Å². The van der Waals surface area contributed by atoms with Crippen LogP contribution in [0.3, 0.4) is 0 Å². The van der Waals surface area contributed by atoms with Crippen molar-refractivity contribution in [1.29, 1.82) is 0 Å². The average molecular weight is 145 g/mol. The van der Waals surface area contributed by atoms with Gasteiger partial charge in [0.25, 0.3) is 0 Å². The van der Waals surface area contributed by atoms with Crippen LogP contribution in [-0.2, 0) is 4.79 Å². The normalized spacial score (nSPS) is 12.6. The van der Waals surface area contributed by atoms with Gasteiger partial charge in [0.05, 0.1) is 6.10 Å². The van der Waals surface area contributed by atoms with Gasteiger partial charge >= 0.3 is 6.41 Å². The summed E-state index contributed by atoms with van der Waals surface area (Å²) in [5, 5.41) is 14.2. The number of carbonyl (C=O) groups excluding carboxylic acids is 1. The standard InChI is InChI=1S/C6H13N2O2/c1-2-7-3-6(10)4-8-5-9/h6-7,10H,2-4H2,1H3,(H,8,9). The van der Waals surface area contributed by atoms with Gasteiger partial charge in [-0.2, -0.15) is 0 Å². The van der Waals surface area contributed by atoms with E-state index in [9.17, 15) is 4.79 Å². The molecule has 1 radical (unpaired) electrons. The quantitative estimate of drug-likeness (QED) is 0.403. The molecule has 4 heteroatoms. The zero-order chi connectivity index (χ0) is 7.82. The molecule has 0 aromatic rings. The summed E-state index contributed by atoms with van der Waals surface area (Å²) in [5.41, 5.74) is 0. The fourth-order valence-corrected chi connectivity index (χ4v) is 0.543. The van der Waals surface area contributed by atoms with E-state index < -0.39 is 6.10 Å². The topological polar surface area (TPSA) is 61.4 Å². The molecule has 1 unspecified atom stereocenters. The van der Waals surface area contributed by atoms with Crippen LogP contribution in [-0.4, -0.2) is 37.3 Å². The van der Waals surface area contributed by atoms with E-state index in [0.717, 1.165) is 6.54 Å². The summed E-state index contributed by atoms with van der Waals surface area (Å²) in [4.78, 5) is 9.62. The lowest BCUT2D eigenvalue weighted by Gasteiger charge is -2.08. The molecule has 0 spiro atoms.